The van der Waals surface area contributed by atoms with Crippen molar-refractivity contribution in [2.45, 2.75) is 36.9 Å². The van der Waals surface area contributed by atoms with Crippen molar-refractivity contribution in [3.8, 4) is 11.1 Å². The second kappa shape index (κ2) is 11.6. The van der Waals surface area contributed by atoms with Gasteiger partial charge in [-0.05, 0) is 43.2 Å². The van der Waals surface area contributed by atoms with Crippen LogP contribution in [0.15, 0.2) is 84.2 Å². The zero-order valence-electron chi connectivity index (χ0n) is 24.1. The van der Waals surface area contributed by atoms with Crippen LogP contribution in [0.25, 0.3) is 11.1 Å². The van der Waals surface area contributed by atoms with E-state index in [-0.39, 0.29) is 46.2 Å². The van der Waals surface area contributed by atoms with Crippen LogP contribution in [-0.4, -0.2) is 68.4 Å². The van der Waals surface area contributed by atoms with Crippen LogP contribution >= 0.6 is 23.2 Å². The van der Waals surface area contributed by atoms with Gasteiger partial charge in [-0.2, -0.15) is 8.42 Å². The third-order valence-electron chi connectivity index (χ3n) is 7.71. The molecule has 0 spiro atoms. The number of nitrogens with zero attached hydrogens (tertiary/aromatic N) is 6. The van der Waals surface area contributed by atoms with Crippen LogP contribution in [0.4, 0.5) is 11.6 Å². The fourth-order valence-corrected chi connectivity index (χ4v) is 7.39. The lowest BCUT2D eigenvalue weighted by molar-refractivity contribution is -0.124. The van der Waals surface area contributed by atoms with Crippen LogP contribution in [-0.2, 0) is 31.6 Å². The molecule has 0 saturated heterocycles. The monoisotopic (exact) mass is 667 g/mol. The number of aromatic nitrogens is 4. The first-order valence-electron chi connectivity index (χ1n) is 13.8. The summed E-state index contributed by atoms with van der Waals surface area (Å²) in [4.78, 5) is 40.6. The van der Waals surface area contributed by atoms with E-state index in [1.807, 2.05) is 24.3 Å². The van der Waals surface area contributed by atoms with Crippen molar-refractivity contribution in [2.24, 2.45) is 0 Å². The van der Waals surface area contributed by atoms with Crippen LogP contribution < -0.4 is 10.2 Å². The second-order valence-corrected chi connectivity index (χ2v) is 13.7. The predicted octanol–water partition coefficient (Wildman–Crippen LogP) is 3.67. The molecular weight excluding hydrogens is 641 g/mol. The molecule has 0 saturated carbocycles. The fourth-order valence-electron chi connectivity index (χ4n) is 5.36. The molecule has 0 fully saturated rings. The number of fused-ring (bicyclic) bond motifs is 1. The molecule has 2 amide bonds. The number of amides is 2. The minimum absolute atomic E-state index is 0.0803. The number of aliphatic hydroxyl groups excluding tert-OH is 1. The first kappa shape index (κ1) is 30.7. The average Bonchev–Trinajstić information content (AvgIpc) is 3.50. The van der Waals surface area contributed by atoms with Gasteiger partial charge in [-0.3, -0.25) is 18.5 Å². The van der Waals surface area contributed by atoms with Gasteiger partial charge in [0.25, 0.3) is 21.8 Å². The van der Waals surface area contributed by atoms with Gasteiger partial charge in [0.2, 0.25) is 5.95 Å². The summed E-state index contributed by atoms with van der Waals surface area (Å²) in [6, 6.07) is 11.6. The number of carbonyl (C=O) groups is 2. The minimum Gasteiger partial charge on any atom is -0.394 e. The maximum Gasteiger partial charge on any atom is 0.281 e. The van der Waals surface area contributed by atoms with Crippen molar-refractivity contribution in [1.82, 2.24) is 29.1 Å². The number of imidazole rings is 1. The Labute approximate surface area is 269 Å². The van der Waals surface area contributed by atoms with Crippen molar-refractivity contribution in [3.63, 3.8) is 0 Å². The summed E-state index contributed by atoms with van der Waals surface area (Å²) in [5.74, 6) is -0.828. The highest BCUT2D eigenvalue weighted by molar-refractivity contribution is 7.89. The van der Waals surface area contributed by atoms with Crippen molar-refractivity contribution < 1.29 is 23.1 Å². The second-order valence-electron chi connectivity index (χ2n) is 11.0. The highest BCUT2D eigenvalue weighted by Gasteiger charge is 2.52. The smallest absolute Gasteiger partial charge is 0.281 e. The van der Waals surface area contributed by atoms with E-state index in [0.29, 0.717) is 5.69 Å². The number of sulfonamides is 1. The van der Waals surface area contributed by atoms with Gasteiger partial charge in [0, 0.05) is 46.7 Å². The van der Waals surface area contributed by atoms with E-state index in [1.165, 1.54) is 34.3 Å². The summed E-state index contributed by atoms with van der Waals surface area (Å²) >= 11 is 12.6. The SMILES string of the molecule is C[C@@H](CO)NC(=O)C1=CN(S(=O)(=O)c2cnc3n2[C@](C)(Cc2ccc(-c4cncnc4)cc2)C(=O)N3c2cc(Cl)cc(Cl)c2)C1. The van der Waals surface area contributed by atoms with Gasteiger partial charge in [0.15, 0.2) is 5.03 Å². The lowest BCUT2D eigenvalue weighted by Crippen LogP contribution is -2.46. The number of halogens is 2. The number of nitrogens with one attached hydrogen (secondary N) is 1. The van der Waals surface area contributed by atoms with Crippen LogP contribution in [0.5, 0.6) is 0 Å². The highest BCUT2D eigenvalue weighted by Crippen LogP contribution is 2.45. The Hall–Kier alpha value is -4.30. The molecule has 0 radical (unpaired) electrons. The first-order chi connectivity index (χ1) is 21.4. The van der Waals surface area contributed by atoms with Gasteiger partial charge in [0.1, 0.15) is 11.9 Å². The lowest BCUT2D eigenvalue weighted by atomic mass is 9.91. The molecule has 2 aromatic heterocycles. The maximum atomic E-state index is 14.3. The quantitative estimate of drug-likeness (QED) is 0.274. The third-order valence-corrected chi connectivity index (χ3v) is 9.82. The Bertz CT molecular complexity index is 1930. The molecule has 15 heteroatoms. The van der Waals surface area contributed by atoms with Gasteiger partial charge in [-0.15, -0.1) is 0 Å². The zero-order chi connectivity index (χ0) is 32.1. The molecule has 4 heterocycles. The molecule has 2 aliphatic rings. The largest absolute Gasteiger partial charge is 0.394 e. The van der Waals surface area contributed by atoms with E-state index in [2.05, 4.69) is 20.3 Å². The molecule has 2 N–H and O–H groups in total. The molecule has 2 aliphatic heterocycles. The number of aliphatic hydroxyl groups is 1. The molecule has 45 heavy (non-hydrogen) atoms. The molecule has 232 valence electrons. The van der Waals surface area contributed by atoms with Gasteiger partial charge in [0.05, 0.1) is 30.6 Å². The fraction of sp³-hybridized carbons (Fsp3) is 0.233. The Morgan fingerprint density at radius 1 is 1.07 bits per heavy atom. The Morgan fingerprint density at radius 2 is 1.71 bits per heavy atom. The Morgan fingerprint density at radius 3 is 2.33 bits per heavy atom. The van der Waals surface area contributed by atoms with Gasteiger partial charge in [-0.1, -0.05) is 47.5 Å². The highest BCUT2D eigenvalue weighted by atomic mass is 35.5. The van der Waals surface area contributed by atoms with Crippen molar-refractivity contribution in [3.05, 3.63) is 94.8 Å². The van der Waals surface area contributed by atoms with E-state index in [1.54, 1.807) is 38.4 Å². The Kier molecular flexibility index (Phi) is 7.89. The summed E-state index contributed by atoms with van der Waals surface area (Å²) in [5, 5.41) is 12.2. The minimum atomic E-state index is -4.25. The molecule has 6 rings (SSSR count). The van der Waals surface area contributed by atoms with Crippen molar-refractivity contribution >= 4 is 56.7 Å². The number of rotatable bonds is 9. The summed E-state index contributed by atoms with van der Waals surface area (Å²) in [6.07, 6.45) is 7.38. The van der Waals surface area contributed by atoms with E-state index in [4.69, 9.17) is 23.2 Å². The number of anilines is 2. The molecule has 4 aromatic rings. The first-order valence-corrected chi connectivity index (χ1v) is 16.0. The molecule has 0 bridgehead atoms. The molecular formula is C30H27Cl2N7O5S. The van der Waals surface area contributed by atoms with Gasteiger partial charge in [-0.25, -0.2) is 19.9 Å². The molecule has 12 nitrogen and oxygen atoms in total. The van der Waals surface area contributed by atoms with Crippen LogP contribution in [0, 0.1) is 0 Å². The van der Waals surface area contributed by atoms with E-state index in [0.717, 1.165) is 21.0 Å². The molecule has 2 atom stereocenters. The number of hydrogen-bond acceptors (Lipinski definition) is 8. The van der Waals surface area contributed by atoms with E-state index < -0.39 is 33.4 Å². The van der Waals surface area contributed by atoms with Crippen LogP contribution in [0.2, 0.25) is 10.0 Å². The van der Waals surface area contributed by atoms with Crippen LogP contribution in [0.1, 0.15) is 19.4 Å². The van der Waals surface area contributed by atoms with E-state index >= 15 is 0 Å². The van der Waals surface area contributed by atoms with Gasteiger partial charge < -0.3 is 10.4 Å². The van der Waals surface area contributed by atoms with Gasteiger partial charge >= 0.3 is 0 Å². The number of benzene rings is 2. The predicted molar refractivity (Wildman–Crippen MR) is 167 cm³/mol. The standard InChI is InChI=1S/C30H27Cl2N7O5S/c1-18(16-40)36-27(41)22-14-37(15-22)45(43,44)26-13-35-29-38(25-8-23(31)7-24(32)9-25)28(42)30(2,39(26)29)10-19-3-5-20(6-4-19)21-11-33-17-34-12-21/h3-9,11-14,17-18,40H,10,15-16H2,1-2H3,(H,36,41)/t18-,30+/m0/s1. The van der Waals surface area contributed by atoms with E-state index in [9.17, 15) is 23.1 Å². The molecule has 2 aromatic carbocycles. The topological polar surface area (TPSA) is 151 Å². The van der Waals surface area contributed by atoms with Crippen molar-refractivity contribution in [2.75, 3.05) is 18.1 Å². The van der Waals surface area contributed by atoms with Crippen molar-refractivity contribution in [1.29, 1.82) is 0 Å². The third kappa shape index (κ3) is 5.46. The lowest BCUT2D eigenvalue weighted by Gasteiger charge is -2.32. The normalized spacial score (nSPS) is 18.3. The summed E-state index contributed by atoms with van der Waals surface area (Å²) in [7, 11) is -4.25. The number of hydrogen-bond donors (Lipinski definition) is 2. The summed E-state index contributed by atoms with van der Waals surface area (Å²) < 4.78 is 30.3. The summed E-state index contributed by atoms with van der Waals surface area (Å²) in [5.41, 5.74) is 1.59. The summed E-state index contributed by atoms with van der Waals surface area (Å²) in [6.45, 7) is 2.84. The number of carbonyl (C=O) groups excluding carboxylic acids is 2. The maximum absolute atomic E-state index is 14.3. The average molecular weight is 669 g/mol. The molecule has 0 aliphatic carbocycles. The zero-order valence-corrected chi connectivity index (χ0v) is 26.4. The Balaban J connectivity index is 1.40. The molecule has 0 unspecified atom stereocenters. The van der Waals surface area contributed by atoms with Crippen LogP contribution in [0.3, 0.4) is 0 Å².